The van der Waals surface area contributed by atoms with Crippen LogP contribution in [0.15, 0.2) is 18.2 Å². The fourth-order valence-electron chi connectivity index (χ4n) is 3.06. The molecule has 0 amide bonds. The van der Waals surface area contributed by atoms with E-state index in [1.165, 1.54) is 18.9 Å². The van der Waals surface area contributed by atoms with E-state index in [1.807, 2.05) is 6.07 Å². The Morgan fingerprint density at radius 2 is 2.16 bits per heavy atom. The minimum atomic E-state index is -0.349. The van der Waals surface area contributed by atoms with Crippen molar-refractivity contribution in [1.29, 1.82) is 0 Å². The van der Waals surface area contributed by atoms with E-state index in [0.29, 0.717) is 6.04 Å². The summed E-state index contributed by atoms with van der Waals surface area (Å²) in [6, 6.07) is 5.43. The average Bonchev–Trinajstić information content (AvgIpc) is 3.21. The van der Waals surface area contributed by atoms with Gasteiger partial charge >= 0.3 is 0 Å². The number of piperazine rings is 1. The number of halogens is 2. The van der Waals surface area contributed by atoms with Gasteiger partial charge in [0.1, 0.15) is 5.82 Å². The second-order valence-electron chi connectivity index (χ2n) is 6.15. The van der Waals surface area contributed by atoms with Crippen LogP contribution in [0.25, 0.3) is 0 Å². The molecule has 2 atom stereocenters. The molecule has 1 saturated heterocycles. The lowest BCUT2D eigenvalue weighted by Gasteiger charge is -2.47. The van der Waals surface area contributed by atoms with Crippen molar-refractivity contribution in [3.63, 3.8) is 0 Å². The van der Waals surface area contributed by atoms with Gasteiger partial charge in [0, 0.05) is 30.4 Å². The molecule has 0 radical (unpaired) electrons. The molecule has 1 aromatic rings. The van der Waals surface area contributed by atoms with Crippen LogP contribution in [0, 0.1) is 11.7 Å². The molecule has 2 nitrogen and oxygen atoms in total. The second-order valence-corrected chi connectivity index (χ2v) is 6.56. The number of hydrogen-bond acceptors (Lipinski definition) is 2. The number of nitrogens with zero attached hydrogens (tertiary/aromatic N) is 1. The molecule has 0 bridgehead atoms. The third-order valence-corrected chi connectivity index (χ3v) is 4.84. The Labute approximate surface area is 118 Å². The van der Waals surface area contributed by atoms with Crippen molar-refractivity contribution >= 4 is 17.3 Å². The number of benzene rings is 1. The van der Waals surface area contributed by atoms with Gasteiger partial charge in [-0.3, -0.25) is 0 Å². The monoisotopic (exact) mass is 282 g/mol. The first kappa shape index (κ1) is 13.2. The van der Waals surface area contributed by atoms with E-state index in [-0.39, 0.29) is 16.4 Å². The molecule has 1 aliphatic carbocycles. The summed E-state index contributed by atoms with van der Waals surface area (Å²) >= 11 is 5.91. The SMILES string of the molecule is CC1CNC(C)(C2CC2)CN1c1ccc(F)c(Cl)c1. The minimum Gasteiger partial charge on any atom is -0.366 e. The number of rotatable bonds is 2. The van der Waals surface area contributed by atoms with E-state index in [1.54, 1.807) is 6.07 Å². The van der Waals surface area contributed by atoms with Gasteiger partial charge in [0.05, 0.1) is 5.02 Å². The zero-order valence-electron chi connectivity index (χ0n) is 11.4. The van der Waals surface area contributed by atoms with Gasteiger partial charge in [-0.15, -0.1) is 0 Å². The Balaban J connectivity index is 1.86. The molecule has 1 aliphatic heterocycles. The smallest absolute Gasteiger partial charge is 0.141 e. The van der Waals surface area contributed by atoms with E-state index in [2.05, 4.69) is 24.1 Å². The first-order valence-electron chi connectivity index (χ1n) is 6.96. The lowest BCUT2D eigenvalue weighted by Crippen LogP contribution is -2.63. The fourth-order valence-corrected chi connectivity index (χ4v) is 3.23. The molecule has 3 rings (SSSR count). The van der Waals surface area contributed by atoms with Gasteiger partial charge in [0.25, 0.3) is 0 Å². The Kier molecular flexibility index (Phi) is 3.22. The standard InChI is InChI=1S/C15H20ClFN2/c1-10-8-18-15(2,11-3-4-11)9-19(10)12-5-6-14(17)13(16)7-12/h5-7,10-11,18H,3-4,8-9H2,1-2H3. The first-order chi connectivity index (χ1) is 8.99. The number of hydrogen-bond donors (Lipinski definition) is 1. The van der Waals surface area contributed by atoms with E-state index in [9.17, 15) is 4.39 Å². The number of nitrogens with one attached hydrogen (secondary N) is 1. The number of anilines is 1. The fraction of sp³-hybridized carbons (Fsp3) is 0.600. The molecule has 2 fully saturated rings. The molecule has 1 aromatic carbocycles. The molecule has 1 heterocycles. The maximum absolute atomic E-state index is 13.3. The normalized spacial score (nSPS) is 31.6. The first-order valence-corrected chi connectivity index (χ1v) is 7.34. The predicted molar refractivity (Wildman–Crippen MR) is 77.3 cm³/mol. The van der Waals surface area contributed by atoms with Gasteiger partial charge < -0.3 is 10.2 Å². The zero-order valence-corrected chi connectivity index (χ0v) is 12.2. The van der Waals surface area contributed by atoms with Crippen molar-refractivity contribution in [2.45, 2.75) is 38.3 Å². The van der Waals surface area contributed by atoms with Gasteiger partial charge in [-0.2, -0.15) is 0 Å². The van der Waals surface area contributed by atoms with Crippen LogP contribution in [0.2, 0.25) is 5.02 Å². The predicted octanol–water partition coefficient (Wildman–Crippen LogP) is 3.45. The maximum atomic E-state index is 13.3. The van der Waals surface area contributed by atoms with Crippen molar-refractivity contribution in [2.24, 2.45) is 5.92 Å². The van der Waals surface area contributed by atoms with Gasteiger partial charge in [-0.05, 0) is 50.8 Å². The summed E-state index contributed by atoms with van der Waals surface area (Å²) in [5.41, 5.74) is 1.19. The average molecular weight is 283 g/mol. The van der Waals surface area contributed by atoms with Crippen molar-refractivity contribution in [3.05, 3.63) is 29.0 Å². The van der Waals surface area contributed by atoms with Crippen molar-refractivity contribution in [3.8, 4) is 0 Å². The quantitative estimate of drug-likeness (QED) is 0.894. The zero-order chi connectivity index (χ0) is 13.6. The summed E-state index contributed by atoms with van der Waals surface area (Å²) in [7, 11) is 0. The Hall–Kier alpha value is -0.800. The molecule has 0 aromatic heterocycles. The Morgan fingerprint density at radius 3 is 2.79 bits per heavy atom. The molecule has 0 spiro atoms. The molecular weight excluding hydrogens is 263 g/mol. The molecule has 19 heavy (non-hydrogen) atoms. The second kappa shape index (κ2) is 4.64. The maximum Gasteiger partial charge on any atom is 0.141 e. The van der Waals surface area contributed by atoms with Gasteiger partial charge in [0.15, 0.2) is 0 Å². The summed E-state index contributed by atoms with van der Waals surface area (Å²) in [5.74, 6) is 0.427. The summed E-state index contributed by atoms with van der Waals surface area (Å²) in [4.78, 5) is 2.35. The lowest BCUT2D eigenvalue weighted by molar-refractivity contribution is 0.261. The van der Waals surface area contributed by atoms with Crippen molar-refractivity contribution < 1.29 is 4.39 Å². The summed E-state index contributed by atoms with van der Waals surface area (Å²) in [6.07, 6.45) is 2.63. The molecule has 2 unspecified atom stereocenters. The molecule has 1 N–H and O–H groups in total. The molecular formula is C15H20ClFN2. The highest BCUT2D eigenvalue weighted by atomic mass is 35.5. The Bertz CT molecular complexity index is 489. The van der Waals surface area contributed by atoms with Crippen molar-refractivity contribution in [2.75, 3.05) is 18.0 Å². The molecule has 1 saturated carbocycles. The van der Waals surface area contributed by atoms with Crippen LogP contribution in [0.1, 0.15) is 26.7 Å². The molecule has 4 heteroatoms. The van der Waals surface area contributed by atoms with E-state index >= 15 is 0 Å². The molecule has 2 aliphatic rings. The summed E-state index contributed by atoms with van der Waals surface area (Å²) in [5, 5.41) is 3.89. The summed E-state index contributed by atoms with van der Waals surface area (Å²) in [6.45, 7) is 6.41. The highest BCUT2D eigenvalue weighted by Gasteiger charge is 2.45. The van der Waals surface area contributed by atoms with Gasteiger partial charge in [-0.25, -0.2) is 4.39 Å². The van der Waals surface area contributed by atoms with Crippen LogP contribution in [0.3, 0.4) is 0 Å². The van der Waals surface area contributed by atoms with Gasteiger partial charge in [0.2, 0.25) is 0 Å². The van der Waals surface area contributed by atoms with Crippen LogP contribution < -0.4 is 10.2 Å². The molecule has 104 valence electrons. The van der Waals surface area contributed by atoms with Crippen molar-refractivity contribution in [1.82, 2.24) is 5.32 Å². The third kappa shape index (κ3) is 2.46. The Morgan fingerprint density at radius 1 is 1.42 bits per heavy atom. The third-order valence-electron chi connectivity index (χ3n) is 4.55. The topological polar surface area (TPSA) is 15.3 Å². The highest BCUT2D eigenvalue weighted by molar-refractivity contribution is 6.31. The summed E-state index contributed by atoms with van der Waals surface area (Å²) < 4.78 is 13.3. The van der Waals surface area contributed by atoms with E-state index in [0.717, 1.165) is 24.7 Å². The minimum absolute atomic E-state index is 0.174. The highest BCUT2D eigenvalue weighted by Crippen LogP contribution is 2.42. The van der Waals surface area contributed by atoms with E-state index < -0.39 is 0 Å². The van der Waals surface area contributed by atoms with Gasteiger partial charge in [-0.1, -0.05) is 11.6 Å². The van der Waals surface area contributed by atoms with Crippen LogP contribution in [-0.2, 0) is 0 Å². The van der Waals surface area contributed by atoms with Crippen LogP contribution >= 0.6 is 11.6 Å². The van der Waals surface area contributed by atoms with Crippen LogP contribution in [0.5, 0.6) is 0 Å². The van der Waals surface area contributed by atoms with Crippen LogP contribution in [-0.4, -0.2) is 24.7 Å². The van der Waals surface area contributed by atoms with E-state index in [4.69, 9.17) is 11.6 Å². The lowest BCUT2D eigenvalue weighted by atomic mass is 9.91. The largest absolute Gasteiger partial charge is 0.366 e. The van der Waals surface area contributed by atoms with Crippen LogP contribution in [0.4, 0.5) is 10.1 Å².